The van der Waals surface area contributed by atoms with Gasteiger partial charge in [-0.2, -0.15) is 13.2 Å². The molecule has 1 amide bonds. The van der Waals surface area contributed by atoms with Crippen LogP contribution in [0.2, 0.25) is 0 Å². The number of benzene rings is 2. The second-order valence-corrected chi connectivity index (χ2v) is 6.46. The molecule has 2 aromatic carbocycles. The largest absolute Gasteiger partial charge is 0.480 e. The monoisotopic (exact) mass is 364 g/mol. The maximum Gasteiger partial charge on any atom is 0.416 e. The molecule has 1 atom stereocenters. The standard InChI is InChI=1S/C19H19F3N2O2/c1-10-3-13-7-17(26-16(13)4-11(10)2)18(25)24-15-6-12(9-23)5-14(8-15)19(20,21)22/h3-6,8,17H,7,9,23H2,1-2H3,(H,24,25). The Morgan fingerprint density at radius 3 is 2.54 bits per heavy atom. The third-order valence-corrected chi connectivity index (χ3v) is 4.47. The molecule has 0 bridgehead atoms. The van der Waals surface area contributed by atoms with Crippen LogP contribution in [0.25, 0.3) is 0 Å². The van der Waals surface area contributed by atoms with Crippen molar-refractivity contribution < 1.29 is 22.7 Å². The van der Waals surface area contributed by atoms with Crippen molar-refractivity contribution in [1.29, 1.82) is 0 Å². The Morgan fingerprint density at radius 1 is 1.19 bits per heavy atom. The summed E-state index contributed by atoms with van der Waals surface area (Å²) in [7, 11) is 0. The van der Waals surface area contributed by atoms with Crippen LogP contribution >= 0.6 is 0 Å². The smallest absolute Gasteiger partial charge is 0.416 e. The van der Waals surface area contributed by atoms with Gasteiger partial charge in [0.2, 0.25) is 0 Å². The van der Waals surface area contributed by atoms with E-state index in [-0.39, 0.29) is 17.8 Å². The predicted molar refractivity (Wildman–Crippen MR) is 92.0 cm³/mol. The summed E-state index contributed by atoms with van der Waals surface area (Å²) in [5.41, 5.74) is 8.02. The van der Waals surface area contributed by atoms with Gasteiger partial charge in [0.25, 0.3) is 5.91 Å². The highest BCUT2D eigenvalue weighted by atomic mass is 19.4. The number of amides is 1. The van der Waals surface area contributed by atoms with Crippen molar-refractivity contribution in [2.75, 3.05) is 5.32 Å². The fraction of sp³-hybridized carbons (Fsp3) is 0.316. The van der Waals surface area contributed by atoms with E-state index in [9.17, 15) is 18.0 Å². The van der Waals surface area contributed by atoms with Gasteiger partial charge in [0.15, 0.2) is 6.10 Å². The zero-order valence-electron chi connectivity index (χ0n) is 14.4. The molecule has 7 heteroatoms. The summed E-state index contributed by atoms with van der Waals surface area (Å²) < 4.78 is 44.7. The number of hydrogen-bond acceptors (Lipinski definition) is 3. The molecule has 0 aliphatic carbocycles. The molecule has 4 nitrogen and oxygen atoms in total. The van der Waals surface area contributed by atoms with Crippen molar-refractivity contribution in [2.24, 2.45) is 5.73 Å². The van der Waals surface area contributed by atoms with E-state index in [2.05, 4.69) is 5.32 Å². The number of ether oxygens (including phenoxy) is 1. The van der Waals surface area contributed by atoms with Gasteiger partial charge in [-0.3, -0.25) is 4.79 Å². The zero-order chi connectivity index (χ0) is 19.1. The number of anilines is 1. The fourth-order valence-corrected chi connectivity index (χ4v) is 2.93. The van der Waals surface area contributed by atoms with Gasteiger partial charge in [-0.1, -0.05) is 6.07 Å². The van der Waals surface area contributed by atoms with E-state index in [0.29, 0.717) is 12.2 Å². The number of hydrogen-bond donors (Lipinski definition) is 2. The third kappa shape index (κ3) is 3.67. The average molecular weight is 364 g/mol. The summed E-state index contributed by atoms with van der Waals surface area (Å²) in [4.78, 5) is 12.5. The molecule has 3 N–H and O–H groups in total. The van der Waals surface area contributed by atoms with E-state index in [1.807, 2.05) is 26.0 Å². The summed E-state index contributed by atoms with van der Waals surface area (Å²) in [5, 5.41) is 2.52. The lowest BCUT2D eigenvalue weighted by atomic mass is 10.0. The van der Waals surface area contributed by atoms with Crippen LogP contribution in [0.1, 0.15) is 27.8 Å². The first kappa shape index (κ1) is 18.3. The van der Waals surface area contributed by atoms with Crippen molar-refractivity contribution in [3.63, 3.8) is 0 Å². The molecular weight excluding hydrogens is 345 g/mol. The first-order chi connectivity index (χ1) is 12.2. The van der Waals surface area contributed by atoms with Crippen molar-refractivity contribution in [2.45, 2.75) is 39.1 Å². The topological polar surface area (TPSA) is 64.3 Å². The average Bonchev–Trinajstić information content (AvgIpc) is 2.97. The van der Waals surface area contributed by atoms with Crippen LogP contribution in [0.15, 0.2) is 30.3 Å². The van der Waals surface area contributed by atoms with Gasteiger partial charge < -0.3 is 15.8 Å². The fourth-order valence-electron chi connectivity index (χ4n) is 2.93. The molecule has 26 heavy (non-hydrogen) atoms. The van der Waals surface area contributed by atoms with E-state index in [0.717, 1.165) is 28.8 Å². The Balaban J connectivity index is 1.79. The van der Waals surface area contributed by atoms with Crippen LogP contribution in [0.3, 0.4) is 0 Å². The Hall–Kier alpha value is -2.54. The summed E-state index contributed by atoms with van der Waals surface area (Å²) in [6.07, 6.45) is -4.91. The minimum atomic E-state index is -4.51. The van der Waals surface area contributed by atoms with Gasteiger partial charge in [0.1, 0.15) is 5.75 Å². The molecule has 0 spiro atoms. The number of carbonyl (C=O) groups is 1. The third-order valence-electron chi connectivity index (χ3n) is 4.47. The molecule has 0 saturated carbocycles. The summed E-state index contributed by atoms with van der Waals surface area (Å²) >= 11 is 0. The van der Waals surface area contributed by atoms with Crippen LogP contribution in [-0.2, 0) is 23.9 Å². The number of rotatable bonds is 3. The van der Waals surface area contributed by atoms with E-state index in [1.165, 1.54) is 6.07 Å². The highest BCUT2D eigenvalue weighted by Gasteiger charge is 2.33. The van der Waals surface area contributed by atoms with Crippen molar-refractivity contribution in [1.82, 2.24) is 0 Å². The molecular formula is C19H19F3N2O2. The van der Waals surface area contributed by atoms with E-state index >= 15 is 0 Å². The van der Waals surface area contributed by atoms with Crippen LogP contribution in [0.4, 0.5) is 18.9 Å². The van der Waals surface area contributed by atoms with E-state index in [4.69, 9.17) is 10.5 Å². The second-order valence-electron chi connectivity index (χ2n) is 6.46. The van der Waals surface area contributed by atoms with Gasteiger partial charge in [0.05, 0.1) is 5.56 Å². The molecule has 0 fully saturated rings. The number of carbonyl (C=O) groups excluding carboxylic acids is 1. The molecule has 1 unspecified atom stereocenters. The van der Waals surface area contributed by atoms with Crippen molar-refractivity contribution in [3.05, 3.63) is 58.1 Å². The number of fused-ring (bicyclic) bond motifs is 1. The normalized spacial score (nSPS) is 16.2. The molecule has 2 aromatic rings. The lowest BCUT2D eigenvalue weighted by molar-refractivity contribution is -0.137. The van der Waals surface area contributed by atoms with Gasteiger partial charge in [0, 0.05) is 18.7 Å². The summed E-state index contributed by atoms with van der Waals surface area (Å²) in [6, 6.07) is 7.14. The second kappa shape index (κ2) is 6.64. The van der Waals surface area contributed by atoms with Crippen molar-refractivity contribution in [3.8, 4) is 5.75 Å². The van der Waals surface area contributed by atoms with Crippen LogP contribution < -0.4 is 15.8 Å². The summed E-state index contributed by atoms with van der Waals surface area (Å²) in [5.74, 6) is 0.152. The minimum absolute atomic E-state index is 0.0530. The van der Waals surface area contributed by atoms with E-state index in [1.54, 1.807) is 0 Å². The van der Waals surface area contributed by atoms with E-state index < -0.39 is 23.8 Å². The molecule has 138 valence electrons. The van der Waals surface area contributed by atoms with Gasteiger partial charge in [-0.15, -0.1) is 0 Å². The van der Waals surface area contributed by atoms with Gasteiger partial charge in [-0.25, -0.2) is 0 Å². The molecule has 0 radical (unpaired) electrons. The molecule has 1 aliphatic rings. The summed E-state index contributed by atoms with van der Waals surface area (Å²) in [6.45, 7) is 3.86. The van der Waals surface area contributed by atoms with Crippen LogP contribution in [0, 0.1) is 13.8 Å². The first-order valence-corrected chi connectivity index (χ1v) is 8.16. The Morgan fingerprint density at radius 2 is 1.88 bits per heavy atom. The maximum atomic E-state index is 13.0. The molecule has 0 aromatic heterocycles. The Kier molecular flexibility index (Phi) is 4.66. The number of halogens is 3. The minimum Gasteiger partial charge on any atom is -0.480 e. The SMILES string of the molecule is Cc1cc2c(cc1C)OC(C(=O)Nc1cc(CN)cc(C(F)(F)F)c1)C2. The highest BCUT2D eigenvalue weighted by molar-refractivity contribution is 5.95. The number of nitrogens with two attached hydrogens (primary N) is 1. The number of alkyl halides is 3. The molecule has 1 heterocycles. The number of nitrogens with one attached hydrogen (secondary N) is 1. The quantitative estimate of drug-likeness (QED) is 0.872. The van der Waals surface area contributed by atoms with Gasteiger partial charge in [-0.05, 0) is 60.4 Å². The molecule has 1 aliphatic heterocycles. The lowest BCUT2D eigenvalue weighted by Gasteiger charge is -2.15. The Bertz CT molecular complexity index is 832. The zero-order valence-corrected chi connectivity index (χ0v) is 14.4. The lowest BCUT2D eigenvalue weighted by Crippen LogP contribution is -2.31. The maximum absolute atomic E-state index is 13.0. The predicted octanol–water partition coefficient (Wildman–Crippen LogP) is 3.72. The highest BCUT2D eigenvalue weighted by Crippen LogP contribution is 2.34. The molecule has 3 rings (SSSR count). The van der Waals surface area contributed by atoms with Crippen LogP contribution in [-0.4, -0.2) is 12.0 Å². The van der Waals surface area contributed by atoms with Gasteiger partial charge >= 0.3 is 6.18 Å². The first-order valence-electron chi connectivity index (χ1n) is 8.16. The van der Waals surface area contributed by atoms with Crippen LogP contribution in [0.5, 0.6) is 5.75 Å². The number of aryl methyl sites for hydroxylation is 2. The molecule has 0 saturated heterocycles. The Labute approximate surface area is 149 Å². The van der Waals surface area contributed by atoms with Crippen molar-refractivity contribution >= 4 is 11.6 Å².